The largest absolute Gasteiger partial charge is 0.497 e. The Balaban J connectivity index is 1.93. The molecule has 0 aliphatic carbocycles. The van der Waals surface area contributed by atoms with Crippen LogP contribution >= 0.6 is 0 Å². The summed E-state index contributed by atoms with van der Waals surface area (Å²) < 4.78 is 21.0. The van der Waals surface area contributed by atoms with Gasteiger partial charge in [0.15, 0.2) is 0 Å². The maximum atomic E-state index is 11.2. The summed E-state index contributed by atoms with van der Waals surface area (Å²) >= 11 is 0. The fourth-order valence-corrected chi connectivity index (χ4v) is 1.89. The van der Waals surface area contributed by atoms with Crippen LogP contribution in [0.5, 0.6) is 11.5 Å². The number of hydrogen-bond donors (Lipinski definition) is 0. The molecule has 0 spiro atoms. The summed E-state index contributed by atoms with van der Waals surface area (Å²) in [5.41, 5.74) is 1.04. The normalized spacial score (nSPS) is 16.8. The number of methoxy groups -OCH3 is 1. The molecule has 1 unspecified atom stereocenters. The van der Waals surface area contributed by atoms with Crippen molar-refractivity contribution in [1.29, 1.82) is 0 Å². The highest BCUT2D eigenvalue weighted by atomic mass is 16.6. The molecule has 0 aromatic heterocycles. The number of ether oxygens (including phenoxy) is 4. The van der Waals surface area contributed by atoms with Gasteiger partial charge in [-0.25, -0.2) is 4.79 Å². The number of benzene rings is 1. The van der Waals surface area contributed by atoms with Gasteiger partial charge >= 0.3 is 5.97 Å². The number of esters is 1. The van der Waals surface area contributed by atoms with Crippen LogP contribution in [0.1, 0.15) is 12.5 Å². The molecule has 0 amide bonds. The van der Waals surface area contributed by atoms with Gasteiger partial charge in [0.25, 0.3) is 0 Å². The summed E-state index contributed by atoms with van der Waals surface area (Å²) in [6.45, 7) is 3.24. The first-order valence-corrected chi connectivity index (χ1v) is 6.97. The van der Waals surface area contributed by atoms with Crippen molar-refractivity contribution in [1.82, 2.24) is 0 Å². The third kappa shape index (κ3) is 5.11. The minimum atomic E-state index is -0.359. The first-order chi connectivity index (χ1) is 10.2. The monoisotopic (exact) mass is 292 g/mol. The lowest BCUT2D eigenvalue weighted by Crippen LogP contribution is -2.03. The van der Waals surface area contributed by atoms with Crippen LogP contribution in [0, 0.1) is 0 Å². The maximum Gasteiger partial charge on any atom is 0.330 e. The van der Waals surface area contributed by atoms with E-state index in [1.807, 2.05) is 18.2 Å². The Labute approximate surface area is 124 Å². The molecule has 1 atom stereocenters. The molecule has 5 nitrogen and oxygen atoms in total. The molecule has 0 saturated carbocycles. The highest BCUT2D eigenvalue weighted by molar-refractivity contribution is 5.81. The quantitative estimate of drug-likeness (QED) is 0.417. The molecule has 21 heavy (non-hydrogen) atoms. The Morgan fingerprint density at radius 2 is 2.29 bits per heavy atom. The number of epoxide rings is 1. The molecule has 1 aromatic carbocycles. The second-order valence-corrected chi connectivity index (χ2v) is 4.60. The molecule has 114 valence electrons. The van der Waals surface area contributed by atoms with Crippen molar-refractivity contribution in [3.63, 3.8) is 0 Å². The Kier molecular flexibility index (Phi) is 5.63. The van der Waals surface area contributed by atoms with Crippen LogP contribution in [0.2, 0.25) is 0 Å². The van der Waals surface area contributed by atoms with Crippen LogP contribution in [0.4, 0.5) is 0 Å². The van der Waals surface area contributed by atoms with Crippen LogP contribution < -0.4 is 9.47 Å². The second kappa shape index (κ2) is 7.69. The fourth-order valence-electron chi connectivity index (χ4n) is 1.89. The molecular formula is C16H20O5. The van der Waals surface area contributed by atoms with E-state index in [0.29, 0.717) is 13.2 Å². The van der Waals surface area contributed by atoms with Crippen molar-refractivity contribution in [3.8, 4) is 11.5 Å². The first kappa shape index (κ1) is 15.4. The predicted molar refractivity (Wildman–Crippen MR) is 77.7 cm³/mol. The third-order valence-electron chi connectivity index (χ3n) is 2.99. The maximum absolute atomic E-state index is 11.2. The Bertz CT molecular complexity index is 505. The van der Waals surface area contributed by atoms with Crippen molar-refractivity contribution in [2.24, 2.45) is 0 Å². The van der Waals surface area contributed by atoms with Gasteiger partial charge in [0.2, 0.25) is 0 Å². The van der Waals surface area contributed by atoms with Crippen molar-refractivity contribution < 1.29 is 23.7 Å². The Morgan fingerprint density at radius 1 is 1.48 bits per heavy atom. The molecule has 1 aliphatic rings. The zero-order valence-electron chi connectivity index (χ0n) is 12.3. The molecule has 1 fully saturated rings. The summed E-state index contributed by atoms with van der Waals surface area (Å²) in [5.74, 6) is 1.21. The zero-order chi connectivity index (χ0) is 15.1. The Hall–Kier alpha value is -2.01. The van der Waals surface area contributed by atoms with E-state index >= 15 is 0 Å². The standard InChI is InChI=1S/C16H20O5/c1-3-19-16(17)5-4-8-20-15-7-6-13(18-2)9-12(15)10-14-11-21-14/h4-7,9,14H,3,8,10-11H2,1-2H3/b5-4+. The van der Waals surface area contributed by atoms with Crippen molar-refractivity contribution >= 4 is 5.97 Å². The van der Waals surface area contributed by atoms with E-state index in [0.717, 1.165) is 30.1 Å². The van der Waals surface area contributed by atoms with E-state index in [-0.39, 0.29) is 12.1 Å². The van der Waals surface area contributed by atoms with Gasteiger partial charge < -0.3 is 18.9 Å². The summed E-state index contributed by atoms with van der Waals surface area (Å²) in [5, 5.41) is 0. The number of hydrogen-bond acceptors (Lipinski definition) is 5. The molecular weight excluding hydrogens is 272 g/mol. The second-order valence-electron chi connectivity index (χ2n) is 4.60. The van der Waals surface area contributed by atoms with Gasteiger partial charge in [-0.15, -0.1) is 0 Å². The summed E-state index contributed by atoms with van der Waals surface area (Å²) in [7, 11) is 1.63. The van der Waals surface area contributed by atoms with Crippen molar-refractivity contribution in [2.75, 3.05) is 26.9 Å². The molecule has 2 rings (SSSR count). The van der Waals surface area contributed by atoms with Gasteiger partial charge in [-0.2, -0.15) is 0 Å². The van der Waals surface area contributed by atoms with E-state index in [4.69, 9.17) is 18.9 Å². The van der Waals surface area contributed by atoms with Gasteiger partial charge in [-0.1, -0.05) is 0 Å². The molecule has 0 N–H and O–H groups in total. The number of carbonyl (C=O) groups is 1. The minimum Gasteiger partial charge on any atom is -0.497 e. The minimum absolute atomic E-state index is 0.273. The highest BCUT2D eigenvalue weighted by Crippen LogP contribution is 2.28. The number of carbonyl (C=O) groups excluding carboxylic acids is 1. The predicted octanol–water partition coefficient (Wildman–Crippen LogP) is 2.13. The number of rotatable bonds is 8. The van der Waals surface area contributed by atoms with Crippen LogP contribution in [-0.2, 0) is 20.7 Å². The van der Waals surface area contributed by atoms with Crippen LogP contribution in [0.3, 0.4) is 0 Å². The fraction of sp³-hybridized carbons (Fsp3) is 0.438. The summed E-state index contributed by atoms with van der Waals surface area (Å²) in [6, 6.07) is 5.67. The van der Waals surface area contributed by atoms with Gasteiger partial charge in [0.1, 0.15) is 18.1 Å². The van der Waals surface area contributed by atoms with Gasteiger partial charge in [-0.3, -0.25) is 0 Å². The third-order valence-corrected chi connectivity index (χ3v) is 2.99. The molecule has 0 radical (unpaired) electrons. The molecule has 0 bridgehead atoms. The van der Waals surface area contributed by atoms with Crippen LogP contribution in [0.25, 0.3) is 0 Å². The van der Waals surface area contributed by atoms with Gasteiger partial charge in [0, 0.05) is 18.1 Å². The van der Waals surface area contributed by atoms with E-state index < -0.39 is 0 Å². The topological polar surface area (TPSA) is 57.3 Å². The van der Waals surface area contributed by atoms with E-state index in [1.165, 1.54) is 6.08 Å². The Morgan fingerprint density at radius 3 is 2.95 bits per heavy atom. The van der Waals surface area contributed by atoms with Gasteiger partial charge in [-0.05, 0) is 31.2 Å². The first-order valence-electron chi connectivity index (χ1n) is 6.97. The summed E-state index contributed by atoms with van der Waals surface area (Å²) in [6.07, 6.45) is 4.08. The lowest BCUT2D eigenvalue weighted by atomic mass is 10.1. The van der Waals surface area contributed by atoms with Crippen molar-refractivity contribution in [3.05, 3.63) is 35.9 Å². The average Bonchev–Trinajstić information content (AvgIpc) is 3.29. The smallest absolute Gasteiger partial charge is 0.330 e. The van der Waals surface area contributed by atoms with Crippen LogP contribution in [0.15, 0.2) is 30.4 Å². The molecule has 1 aliphatic heterocycles. The average molecular weight is 292 g/mol. The molecule has 1 aromatic rings. The van der Waals surface area contributed by atoms with Gasteiger partial charge in [0.05, 0.1) is 26.4 Å². The lowest BCUT2D eigenvalue weighted by molar-refractivity contribution is -0.137. The summed E-state index contributed by atoms with van der Waals surface area (Å²) in [4.78, 5) is 11.2. The van der Waals surface area contributed by atoms with E-state index in [2.05, 4.69) is 0 Å². The lowest BCUT2D eigenvalue weighted by Gasteiger charge is -2.11. The van der Waals surface area contributed by atoms with E-state index in [9.17, 15) is 4.79 Å². The SMILES string of the molecule is CCOC(=O)/C=C/COc1ccc(OC)cc1CC1CO1. The zero-order valence-corrected chi connectivity index (χ0v) is 12.3. The molecule has 5 heteroatoms. The highest BCUT2D eigenvalue weighted by Gasteiger charge is 2.24. The van der Waals surface area contributed by atoms with Crippen molar-refractivity contribution in [2.45, 2.75) is 19.4 Å². The van der Waals surface area contributed by atoms with E-state index in [1.54, 1.807) is 20.1 Å². The molecule has 1 saturated heterocycles. The van der Waals surface area contributed by atoms with Crippen LogP contribution in [-0.4, -0.2) is 39.0 Å². The molecule has 1 heterocycles.